The Morgan fingerprint density at radius 1 is 1.07 bits per heavy atom. The van der Waals surface area contributed by atoms with Crippen LogP contribution in [0.2, 0.25) is 0 Å². The Morgan fingerprint density at radius 2 is 1.71 bits per heavy atom. The molecule has 1 amide bonds. The van der Waals surface area contributed by atoms with Gasteiger partial charge in [0.2, 0.25) is 0 Å². The first-order valence-electron chi connectivity index (χ1n) is 8.36. The van der Waals surface area contributed by atoms with Gasteiger partial charge in [-0.1, -0.05) is 12.1 Å². The minimum atomic E-state index is -2.71. The number of nitrogens with one attached hydrogen (secondary N) is 1. The first-order chi connectivity index (χ1) is 13.2. The van der Waals surface area contributed by atoms with Gasteiger partial charge in [-0.05, 0) is 42.1 Å². The summed E-state index contributed by atoms with van der Waals surface area (Å²) in [5.41, 5.74) is -0.421. The summed E-state index contributed by atoms with van der Waals surface area (Å²) < 4.78 is 53.0. The van der Waals surface area contributed by atoms with Gasteiger partial charge in [0.1, 0.15) is 0 Å². The van der Waals surface area contributed by atoms with Crippen LogP contribution in [0.1, 0.15) is 40.9 Å². The van der Waals surface area contributed by atoms with Gasteiger partial charge in [-0.15, -0.1) is 0 Å². The molecule has 3 aromatic rings. The predicted octanol–water partition coefficient (Wildman–Crippen LogP) is 4.58. The molecule has 0 aliphatic heterocycles. The van der Waals surface area contributed by atoms with Crippen molar-refractivity contribution in [2.75, 3.05) is 7.05 Å². The van der Waals surface area contributed by atoms with Crippen molar-refractivity contribution in [2.24, 2.45) is 0 Å². The van der Waals surface area contributed by atoms with E-state index in [1.165, 1.54) is 36.3 Å². The number of hydrogen-bond donors (Lipinski definition) is 1. The average Bonchev–Trinajstić information content (AvgIpc) is 2.68. The summed E-state index contributed by atoms with van der Waals surface area (Å²) in [4.78, 5) is 28.4. The topological polar surface area (TPSA) is 53.2 Å². The Balaban J connectivity index is 2.02. The van der Waals surface area contributed by atoms with Crippen molar-refractivity contribution >= 4 is 16.7 Å². The van der Waals surface area contributed by atoms with E-state index in [4.69, 9.17) is 0 Å². The Kier molecular flexibility index (Phi) is 5.22. The quantitative estimate of drug-likeness (QED) is 0.661. The number of rotatable bonds is 4. The number of amides is 1. The Labute approximate surface area is 157 Å². The maximum atomic E-state index is 13.7. The van der Waals surface area contributed by atoms with E-state index in [0.717, 1.165) is 18.2 Å². The van der Waals surface area contributed by atoms with E-state index in [1.807, 2.05) is 0 Å². The molecule has 0 aliphatic carbocycles. The summed E-state index contributed by atoms with van der Waals surface area (Å²) in [5.74, 6) is -2.81. The fraction of sp³-hybridized carbons (Fsp3) is 0.200. The van der Waals surface area contributed by atoms with Crippen LogP contribution in [0.5, 0.6) is 0 Å². The molecule has 2 aromatic carbocycles. The Hall–Kier alpha value is -3.16. The summed E-state index contributed by atoms with van der Waals surface area (Å²) in [6, 6.07) is 6.15. The number of alkyl halides is 2. The molecule has 3 rings (SSSR count). The standard InChI is InChI=1S/C20H16F4N2O2/c1-10(26(2)20(28)12-5-3-4-11(6-12)18(23)24)15-9-25-19(27)14-8-17(22)16(21)7-13(14)15/h3-10,18H,1-2H3,(H,25,27)/t10-/m0/s1. The molecule has 0 unspecified atom stereocenters. The van der Waals surface area contributed by atoms with Crippen LogP contribution in [0.4, 0.5) is 17.6 Å². The van der Waals surface area contributed by atoms with Crippen LogP contribution in [-0.4, -0.2) is 22.8 Å². The van der Waals surface area contributed by atoms with Crippen molar-refractivity contribution in [1.29, 1.82) is 0 Å². The van der Waals surface area contributed by atoms with E-state index in [0.29, 0.717) is 5.56 Å². The first-order valence-corrected chi connectivity index (χ1v) is 8.36. The first kappa shape index (κ1) is 19.6. The Morgan fingerprint density at radius 3 is 2.36 bits per heavy atom. The number of pyridine rings is 1. The van der Waals surface area contributed by atoms with Gasteiger partial charge in [0, 0.05) is 24.4 Å². The van der Waals surface area contributed by atoms with Crippen molar-refractivity contribution < 1.29 is 22.4 Å². The number of H-pyrrole nitrogens is 1. The van der Waals surface area contributed by atoms with Gasteiger partial charge in [0.15, 0.2) is 11.6 Å². The second-order valence-corrected chi connectivity index (χ2v) is 6.40. The molecule has 146 valence electrons. The number of benzene rings is 2. The highest BCUT2D eigenvalue weighted by molar-refractivity contribution is 5.95. The van der Waals surface area contributed by atoms with Crippen molar-refractivity contribution in [2.45, 2.75) is 19.4 Å². The zero-order chi connectivity index (χ0) is 20.6. The highest BCUT2D eigenvalue weighted by atomic mass is 19.3. The molecule has 0 bridgehead atoms. The number of halogens is 4. The van der Waals surface area contributed by atoms with Gasteiger partial charge < -0.3 is 9.88 Å². The number of hydrogen-bond acceptors (Lipinski definition) is 2. The summed E-state index contributed by atoms with van der Waals surface area (Å²) in [6.07, 6.45) is -1.39. The molecule has 4 nitrogen and oxygen atoms in total. The van der Waals surface area contributed by atoms with E-state index >= 15 is 0 Å². The average molecular weight is 392 g/mol. The van der Waals surface area contributed by atoms with E-state index in [2.05, 4.69) is 4.98 Å². The molecule has 1 heterocycles. The van der Waals surface area contributed by atoms with Crippen LogP contribution in [0, 0.1) is 11.6 Å². The summed E-state index contributed by atoms with van der Waals surface area (Å²) in [5, 5.41) is 0.111. The molecule has 0 spiro atoms. The lowest BCUT2D eigenvalue weighted by molar-refractivity contribution is 0.0743. The molecule has 0 radical (unpaired) electrons. The number of carbonyl (C=O) groups excluding carboxylic acids is 1. The third kappa shape index (κ3) is 3.49. The van der Waals surface area contributed by atoms with E-state index < -0.39 is 35.6 Å². The number of nitrogens with zero attached hydrogens (tertiary/aromatic N) is 1. The summed E-state index contributed by atoms with van der Waals surface area (Å²) in [7, 11) is 1.46. The van der Waals surface area contributed by atoms with Gasteiger partial charge in [0.25, 0.3) is 17.9 Å². The molecule has 1 N–H and O–H groups in total. The molecule has 1 atom stereocenters. The third-order valence-corrected chi connectivity index (χ3v) is 4.71. The van der Waals surface area contributed by atoms with Crippen LogP contribution < -0.4 is 5.56 Å². The molecular formula is C20H16F4N2O2. The maximum Gasteiger partial charge on any atom is 0.263 e. The Bertz CT molecular complexity index is 1110. The van der Waals surface area contributed by atoms with Gasteiger partial charge in [-0.3, -0.25) is 9.59 Å². The molecule has 1 aromatic heterocycles. The number of carbonyl (C=O) groups is 1. The summed E-state index contributed by atoms with van der Waals surface area (Å²) in [6.45, 7) is 1.63. The molecular weight excluding hydrogens is 376 g/mol. The van der Waals surface area contributed by atoms with Gasteiger partial charge in [0.05, 0.1) is 11.4 Å². The van der Waals surface area contributed by atoms with E-state index in [9.17, 15) is 27.2 Å². The van der Waals surface area contributed by atoms with E-state index in [1.54, 1.807) is 6.92 Å². The zero-order valence-corrected chi connectivity index (χ0v) is 15.0. The van der Waals surface area contributed by atoms with E-state index in [-0.39, 0.29) is 21.9 Å². The molecule has 0 saturated carbocycles. The fourth-order valence-corrected chi connectivity index (χ4v) is 3.01. The van der Waals surface area contributed by atoms with Crippen molar-refractivity contribution in [3.8, 4) is 0 Å². The monoisotopic (exact) mass is 392 g/mol. The lowest BCUT2D eigenvalue weighted by atomic mass is 10.0. The summed E-state index contributed by atoms with van der Waals surface area (Å²) >= 11 is 0. The highest BCUT2D eigenvalue weighted by Crippen LogP contribution is 2.28. The van der Waals surface area contributed by atoms with Gasteiger partial charge >= 0.3 is 0 Å². The van der Waals surface area contributed by atoms with Crippen LogP contribution in [-0.2, 0) is 0 Å². The largest absolute Gasteiger partial charge is 0.335 e. The maximum absolute atomic E-state index is 13.7. The predicted molar refractivity (Wildman–Crippen MR) is 96.4 cm³/mol. The van der Waals surface area contributed by atoms with Gasteiger partial charge in [-0.25, -0.2) is 17.6 Å². The van der Waals surface area contributed by atoms with Crippen molar-refractivity contribution in [3.63, 3.8) is 0 Å². The fourth-order valence-electron chi connectivity index (χ4n) is 3.01. The second-order valence-electron chi connectivity index (χ2n) is 6.40. The number of aromatic amines is 1. The number of fused-ring (bicyclic) bond motifs is 1. The van der Waals surface area contributed by atoms with Crippen molar-refractivity contribution in [1.82, 2.24) is 9.88 Å². The van der Waals surface area contributed by atoms with Crippen molar-refractivity contribution in [3.05, 3.63) is 81.3 Å². The molecule has 0 saturated heterocycles. The molecule has 28 heavy (non-hydrogen) atoms. The second kappa shape index (κ2) is 7.46. The molecule has 0 aliphatic rings. The number of aromatic nitrogens is 1. The van der Waals surface area contributed by atoms with Crippen LogP contribution in [0.15, 0.2) is 47.4 Å². The smallest absolute Gasteiger partial charge is 0.263 e. The van der Waals surface area contributed by atoms with Gasteiger partial charge in [-0.2, -0.15) is 0 Å². The SMILES string of the molecule is C[C@@H](c1c[nH]c(=O)c2cc(F)c(F)cc12)N(C)C(=O)c1cccc(C(F)F)c1. The molecule has 0 fully saturated rings. The minimum Gasteiger partial charge on any atom is -0.335 e. The molecule has 8 heteroatoms. The van der Waals surface area contributed by atoms with Crippen LogP contribution in [0.3, 0.4) is 0 Å². The zero-order valence-electron chi connectivity index (χ0n) is 15.0. The lowest BCUT2D eigenvalue weighted by Crippen LogP contribution is -2.30. The van der Waals surface area contributed by atoms with Crippen LogP contribution >= 0.6 is 0 Å². The highest BCUT2D eigenvalue weighted by Gasteiger charge is 2.23. The lowest BCUT2D eigenvalue weighted by Gasteiger charge is -2.26. The minimum absolute atomic E-state index is 0.0520. The normalized spacial score (nSPS) is 12.4. The third-order valence-electron chi connectivity index (χ3n) is 4.71. The van der Waals surface area contributed by atoms with Crippen LogP contribution in [0.25, 0.3) is 10.8 Å².